The lowest BCUT2D eigenvalue weighted by atomic mass is 9.98. The number of carbonyl (C=O) groups is 2. The molecule has 1 aliphatic heterocycles. The first-order valence-corrected chi connectivity index (χ1v) is 9.62. The van der Waals surface area contributed by atoms with E-state index in [2.05, 4.69) is 25.9 Å². The number of halogens is 2. The molecule has 0 saturated carbocycles. The average molecular weight is 433 g/mol. The molecule has 0 N–H and O–H groups in total. The fraction of sp³-hybridized carbons (Fsp3) is 0.263. The summed E-state index contributed by atoms with van der Waals surface area (Å²) < 4.78 is 0.257. The van der Waals surface area contributed by atoms with Crippen molar-refractivity contribution in [1.29, 1.82) is 0 Å². The summed E-state index contributed by atoms with van der Waals surface area (Å²) in [5.74, 6) is -0.635. The van der Waals surface area contributed by atoms with Crippen LogP contribution < -0.4 is 0 Å². The highest BCUT2D eigenvalue weighted by molar-refractivity contribution is 9.12. The minimum absolute atomic E-state index is 0.0310. The second-order valence-corrected chi connectivity index (χ2v) is 7.45. The zero-order valence-electron chi connectivity index (χ0n) is 13.8. The Morgan fingerprint density at radius 1 is 0.885 bits per heavy atom. The van der Waals surface area contributed by atoms with Crippen LogP contribution >= 0.6 is 27.5 Å². The van der Waals surface area contributed by atoms with Gasteiger partial charge in [0.2, 0.25) is 11.6 Å². The maximum absolute atomic E-state index is 13.0. The van der Waals surface area contributed by atoms with Crippen LogP contribution in [0.5, 0.6) is 0 Å². The van der Waals surface area contributed by atoms with E-state index in [1.165, 1.54) is 0 Å². The first kappa shape index (κ1) is 17.4. The highest BCUT2D eigenvalue weighted by atomic mass is 79.9. The number of benzene rings is 1. The van der Waals surface area contributed by atoms with Gasteiger partial charge in [0.15, 0.2) is 5.15 Å². The van der Waals surface area contributed by atoms with Crippen LogP contribution in [0.1, 0.15) is 40.2 Å². The molecule has 0 radical (unpaired) electrons. The Morgan fingerprint density at radius 2 is 1.54 bits per heavy atom. The molecular formula is C19H15BrClN3O2. The number of likely N-dealkylation sites (tertiary alicyclic amines) is 1. The van der Waals surface area contributed by atoms with Gasteiger partial charge < -0.3 is 4.90 Å². The van der Waals surface area contributed by atoms with Crippen LogP contribution in [0.15, 0.2) is 40.5 Å². The summed E-state index contributed by atoms with van der Waals surface area (Å²) in [5, 5.41) is 0.118. The molecule has 7 heteroatoms. The van der Waals surface area contributed by atoms with Gasteiger partial charge in [-0.3, -0.25) is 9.59 Å². The molecule has 1 saturated heterocycles. The van der Waals surface area contributed by atoms with E-state index in [9.17, 15) is 9.59 Å². The van der Waals surface area contributed by atoms with Crippen molar-refractivity contribution >= 4 is 39.1 Å². The van der Waals surface area contributed by atoms with Gasteiger partial charge in [-0.25, -0.2) is 9.97 Å². The number of aromatic nitrogens is 2. The lowest BCUT2D eigenvalue weighted by Crippen LogP contribution is -2.37. The van der Waals surface area contributed by atoms with E-state index in [-0.39, 0.29) is 32.6 Å². The van der Waals surface area contributed by atoms with Crippen LogP contribution in [-0.4, -0.2) is 39.5 Å². The molecule has 2 aliphatic rings. The topological polar surface area (TPSA) is 63.2 Å². The van der Waals surface area contributed by atoms with Crippen molar-refractivity contribution in [2.24, 2.45) is 0 Å². The van der Waals surface area contributed by atoms with Crippen LogP contribution in [-0.2, 0) is 0 Å². The molecule has 1 aromatic heterocycles. The molecule has 132 valence electrons. The van der Waals surface area contributed by atoms with E-state index in [0.717, 1.165) is 37.9 Å². The fourth-order valence-electron chi connectivity index (χ4n) is 3.33. The Labute approximate surface area is 164 Å². The zero-order chi connectivity index (χ0) is 18.3. The van der Waals surface area contributed by atoms with Crippen molar-refractivity contribution in [3.63, 3.8) is 0 Å². The van der Waals surface area contributed by atoms with Gasteiger partial charge in [-0.2, -0.15) is 0 Å². The van der Waals surface area contributed by atoms with Gasteiger partial charge in [0.25, 0.3) is 0 Å². The molecule has 2 aromatic rings. The second-order valence-electron chi connectivity index (χ2n) is 6.29. The molecule has 4 rings (SSSR count). The Hall–Kier alpha value is -2.05. The average Bonchev–Trinajstić information content (AvgIpc) is 2.68. The predicted octanol–water partition coefficient (Wildman–Crippen LogP) is 4.27. The third-order valence-electron chi connectivity index (χ3n) is 4.63. The van der Waals surface area contributed by atoms with Crippen LogP contribution in [0.2, 0.25) is 5.15 Å². The van der Waals surface area contributed by atoms with Crippen LogP contribution in [0, 0.1) is 0 Å². The van der Waals surface area contributed by atoms with Gasteiger partial charge in [0.1, 0.15) is 22.8 Å². The standard InChI is InChI=1S/C19H15BrClN3O2/c20-12-16(24-9-5-2-6-10-24)18(26)15-14(17(12)25)22-13(19(21)23-15)11-7-3-1-4-8-11/h1,3-4,7-8H,2,5-6,9-10H2. The number of allylic oxidation sites excluding steroid dienone is 2. The van der Waals surface area contributed by atoms with Gasteiger partial charge in [0.05, 0.1) is 4.48 Å². The highest BCUT2D eigenvalue weighted by Gasteiger charge is 2.37. The highest BCUT2D eigenvalue weighted by Crippen LogP contribution is 2.34. The molecule has 1 fully saturated rings. The van der Waals surface area contributed by atoms with Gasteiger partial charge in [-0.15, -0.1) is 0 Å². The van der Waals surface area contributed by atoms with Crippen molar-refractivity contribution in [3.05, 3.63) is 57.1 Å². The lowest BCUT2D eigenvalue weighted by molar-refractivity contribution is 0.0934. The summed E-state index contributed by atoms with van der Waals surface area (Å²) in [6, 6.07) is 9.25. The first-order chi connectivity index (χ1) is 12.6. The van der Waals surface area contributed by atoms with E-state index in [1.54, 1.807) is 0 Å². The summed E-state index contributed by atoms with van der Waals surface area (Å²) in [7, 11) is 0. The largest absolute Gasteiger partial charge is 0.367 e. The van der Waals surface area contributed by atoms with Crippen molar-refractivity contribution in [2.45, 2.75) is 19.3 Å². The smallest absolute Gasteiger partial charge is 0.231 e. The van der Waals surface area contributed by atoms with Crippen molar-refractivity contribution in [1.82, 2.24) is 14.9 Å². The van der Waals surface area contributed by atoms with E-state index >= 15 is 0 Å². The number of hydrogen-bond acceptors (Lipinski definition) is 5. The molecule has 26 heavy (non-hydrogen) atoms. The molecule has 0 atom stereocenters. The van der Waals surface area contributed by atoms with Crippen molar-refractivity contribution < 1.29 is 9.59 Å². The van der Waals surface area contributed by atoms with Crippen molar-refractivity contribution in [3.8, 4) is 11.3 Å². The quantitative estimate of drug-likeness (QED) is 0.709. The van der Waals surface area contributed by atoms with Gasteiger partial charge in [0, 0.05) is 18.7 Å². The zero-order valence-corrected chi connectivity index (χ0v) is 16.2. The van der Waals surface area contributed by atoms with Crippen LogP contribution in [0.4, 0.5) is 0 Å². The summed E-state index contributed by atoms with van der Waals surface area (Å²) in [5.41, 5.74) is 1.60. The summed E-state index contributed by atoms with van der Waals surface area (Å²) >= 11 is 9.63. The Balaban J connectivity index is 1.82. The van der Waals surface area contributed by atoms with Gasteiger partial charge >= 0.3 is 0 Å². The maximum atomic E-state index is 13.0. The second kappa shape index (κ2) is 6.93. The molecule has 0 unspecified atom stereocenters. The predicted molar refractivity (Wildman–Crippen MR) is 103 cm³/mol. The number of fused-ring (bicyclic) bond motifs is 1. The molecule has 2 heterocycles. The normalized spacial score (nSPS) is 17.5. The number of piperidine rings is 1. The number of rotatable bonds is 2. The third kappa shape index (κ3) is 2.87. The molecule has 0 bridgehead atoms. The van der Waals surface area contributed by atoms with E-state index in [1.807, 2.05) is 35.2 Å². The number of Topliss-reactive ketones (excluding diaryl/α,β-unsaturated/α-hetero) is 2. The van der Waals surface area contributed by atoms with Crippen LogP contribution in [0.3, 0.4) is 0 Å². The monoisotopic (exact) mass is 431 g/mol. The number of nitrogens with zero attached hydrogens (tertiary/aromatic N) is 3. The lowest BCUT2D eigenvalue weighted by Gasteiger charge is -2.32. The minimum Gasteiger partial charge on any atom is -0.367 e. The fourth-order valence-corrected chi connectivity index (χ4v) is 4.19. The summed E-state index contributed by atoms with van der Waals surface area (Å²) in [6.07, 6.45) is 3.13. The molecular weight excluding hydrogens is 418 g/mol. The molecule has 5 nitrogen and oxygen atoms in total. The molecule has 0 spiro atoms. The third-order valence-corrected chi connectivity index (χ3v) is 5.62. The Kier molecular flexibility index (Phi) is 4.63. The van der Waals surface area contributed by atoms with Crippen LogP contribution in [0.25, 0.3) is 11.3 Å². The molecule has 0 amide bonds. The summed E-state index contributed by atoms with van der Waals surface area (Å²) in [6.45, 7) is 1.50. The minimum atomic E-state index is -0.332. The van der Waals surface area contributed by atoms with E-state index in [0.29, 0.717) is 11.4 Å². The number of hydrogen-bond donors (Lipinski definition) is 0. The molecule has 1 aliphatic carbocycles. The molecule has 1 aromatic carbocycles. The SMILES string of the molecule is O=C1C(Br)=C(N2CCCCC2)C(=O)c2nc(Cl)c(-c3ccccc3)nc21. The number of ketones is 2. The van der Waals surface area contributed by atoms with Crippen molar-refractivity contribution in [2.75, 3.05) is 13.1 Å². The Morgan fingerprint density at radius 3 is 2.23 bits per heavy atom. The maximum Gasteiger partial charge on any atom is 0.231 e. The van der Waals surface area contributed by atoms with E-state index < -0.39 is 0 Å². The first-order valence-electron chi connectivity index (χ1n) is 8.45. The number of carbonyl (C=O) groups excluding carboxylic acids is 2. The summed E-state index contributed by atoms with van der Waals surface area (Å²) in [4.78, 5) is 36.5. The van der Waals surface area contributed by atoms with E-state index in [4.69, 9.17) is 11.6 Å². The Bertz CT molecular complexity index is 937. The van der Waals surface area contributed by atoms with Gasteiger partial charge in [-0.05, 0) is 35.2 Å². The van der Waals surface area contributed by atoms with Gasteiger partial charge in [-0.1, -0.05) is 41.9 Å².